The van der Waals surface area contributed by atoms with Crippen LogP contribution in [0.1, 0.15) is 33.1 Å². The zero-order valence-electron chi connectivity index (χ0n) is 10.7. The Balaban J connectivity index is 1.96. The largest absolute Gasteiger partial charge is 0.344 e. The fourth-order valence-corrected chi connectivity index (χ4v) is 2.43. The number of nitrogens with zero attached hydrogens (tertiary/aromatic N) is 1. The molecule has 18 heavy (non-hydrogen) atoms. The van der Waals surface area contributed by atoms with Crippen LogP contribution in [0, 0.1) is 5.92 Å². The van der Waals surface area contributed by atoms with Crippen LogP contribution < -0.4 is 5.32 Å². The summed E-state index contributed by atoms with van der Waals surface area (Å²) in [6, 6.07) is -0.826. The average Bonchev–Trinajstić information content (AvgIpc) is 2.88. The van der Waals surface area contributed by atoms with Gasteiger partial charge in [-0.05, 0) is 26.7 Å². The number of nitrogens with one attached hydrogen (secondary N) is 1. The van der Waals surface area contributed by atoms with Gasteiger partial charge in [-0.15, -0.1) is 0 Å². The summed E-state index contributed by atoms with van der Waals surface area (Å²) in [6.07, 6.45) is 5.45. The third kappa shape index (κ3) is 2.30. The van der Waals surface area contributed by atoms with Crippen LogP contribution >= 0.6 is 0 Å². The maximum Gasteiger partial charge on any atom is 0.252 e. The Labute approximate surface area is 106 Å². The van der Waals surface area contributed by atoms with Gasteiger partial charge in [0.05, 0.1) is 6.42 Å². The van der Waals surface area contributed by atoms with Gasteiger partial charge in [0.2, 0.25) is 11.8 Å². The molecule has 0 radical (unpaired) electrons. The quantitative estimate of drug-likeness (QED) is 0.589. The van der Waals surface area contributed by atoms with Crippen molar-refractivity contribution in [3.8, 4) is 0 Å². The van der Waals surface area contributed by atoms with Crippen LogP contribution in [0.4, 0.5) is 0 Å². The highest BCUT2D eigenvalue weighted by molar-refractivity contribution is 6.07. The number of allylic oxidation sites excluding steroid dienone is 2. The zero-order valence-corrected chi connectivity index (χ0v) is 10.7. The van der Waals surface area contributed by atoms with E-state index in [1.54, 1.807) is 13.8 Å². The van der Waals surface area contributed by atoms with Gasteiger partial charge in [0.1, 0.15) is 6.04 Å². The van der Waals surface area contributed by atoms with Crippen LogP contribution in [0.15, 0.2) is 12.2 Å². The van der Waals surface area contributed by atoms with E-state index in [0.717, 1.165) is 0 Å². The summed E-state index contributed by atoms with van der Waals surface area (Å²) < 4.78 is 0. The van der Waals surface area contributed by atoms with Crippen LogP contribution in [-0.4, -0.2) is 34.7 Å². The summed E-state index contributed by atoms with van der Waals surface area (Å²) in [5, 5.41) is 2.69. The minimum Gasteiger partial charge on any atom is -0.344 e. The number of amides is 3. The summed E-state index contributed by atoms with van der Waals surface area (Å²) in [5.74, 6) is -0.697. The molecule has 0 aromatic heterocycles. The Hall–Kier alpha value is -1.65. The van der Waals surface area contributed by atoms with Crippen LogP contribution in [-0.2, 0) is 14.4 Å². The van der Waals surface area contributed by atoms with Crippen molar-refractivity contribution in [2.24, 2.45) is 5.92 Å². The van der Waals surface area contributed by atoms with E-state index in [0.29, 0.717) is 12.8 Å². The van der Waals surface area contributed by atoms with E-state index in [9.17, 15) is 14.4 Å². The molecular weight excluding hydrogens is 232 g/mol. The molecule has 1 heterocycles. The van der Waals surface area contributed by atoms with Crippen molar-refractivity contribution >= 4 is 17.7 Å². The molecule has 1 aliphatic heterocycles. The van der Waals surface area contributed by atoms with E-state index in [4.69, 9.17) is 0 Å². The van der Waals surface area contributed by atoms with Crippen molar-refractivity contribution in [1.82, 2.24) is 10.2 Å². The van der Waals surface area contributed by atoms with Crippen molar-refractivity contribution in [3.63, 3.8) is 0 Å². The summed E-state index contributed by atoms with van der Waals surface area (Å²) in [7, 11) is 0. The molecule has 2 rings (SSSR count). The van der Waals surface area contributed by atoms with Gasteiger partial charge in [-0.25, -0.2) is 0 Å². The van der Waals surface area contributed by atoms with Gasteiger partial charge in [0.25, 0.3) is 5.91 Å². The first-order valence-electron chi connectivity index (χ1n) is 6.32. The van der Waals surface area contributed by atoms with Gasteiger partial charge in [-0.2, -0.15) is 0 Å². The van der Waals surface area contributed by atoms with E-state index >= 15 is 0 Å². The number of hydrogen-bond acceptors (Lipinski definition) is 3. The van der Waals surface area contributed by atoms with Crippen molar-refractivity contribution in [2.45, 2.75) is 45.2 Å². The molecule has 1 unspecified atom stereocenters. The van der Waals surface area contributed by atoms with Gasteiger partial charge < -0.3 is 5.32 Å². The van der Waals surface area contributed by atoms with Gasteiger partial charge in [0, 0.05) is 12.0 Å². The zero-order chi connectivity index (χ0) is 13.3. The number of hydrogen-bond donors (Lipinski definition) is 1. The van der Waals surface area contributed by atoms with Crippen molar-refractivity contribution in [3.05, 3.63) is 12.2 Å². The number of imide groups is 1. The summed E-state index contributed by atoms with van der Waals surface area (Å²) in [4.78, 5) is 36.8. The molecule has 5 heteroatoms. The number of rotatable bonds is 3. The van der Waals surface area contributed by atoms with Gasteiger partial charge in [-0.1, -0.05) is 12.2 Å². The predicted octanol–water partition coefficient (Wildman–Crippen LogP) is 0.605. The van der Waals surface area contributed by atoms with E-state index in [2.05, 4.69) is 5.32 Å². The molecule has 0 aromatic rings. The summed E-state index contributed by atoms with van der Waals surface area (Å²) in [5.41, 5.74) is 0. The van der Waals surface area contributed by atoms with Crippen molar-refractivity contribution in [1.29, 1.82) is 0 Å². The number of carbonyl (C=O) groups is 3. The van der Waals surface area contributed by atoms with E-state index < -0.39 is 6.04 Å². The maximum absolute atomic E-state index is 12.0. The maximum atomic E-state index is 12.0. The molecule has 1 aliphatic carbocycles. The number of carbonyl (C=O) groups excluding carboxylic acids is 3. The molecule has 0 spiro atoms. The second-order valence-electron chi connectivity index (χ2n) is 5.10. The molecule has 1 saturated heterocycles. The lowest BCUT2D eigenvalue weighted by atomic mass is 10.1. The fraction of sp³-hybridized carbons (Fsp3) is 0.615. The highest BCUT2D eigenvalue weighted by Crippen LogP contribution is 2.20. The molecule has 1 N–H and O–H groups in total. The molecule has 5 nitrogen and oxygen atoms in total. The van der Waals surface area contributed by atoms with E-state index in [-0.39, 0.29) is 36.1 Å². The monoisotopic (exact) mass is 250 g/mol. The second-order valence-corrected chi connectivity index (χ2v) is 5.10. The van der Waals surface area contributed by atoms with Crippen LogP contribution in [0.5, 0.6) is 0 Å². The van der Waals surface area contributed by atoms with E-state index in [1.807, 2.05) is 12.2 Å². The lowest BCUT2D eigenvalue weighted by Crippen LogP contribution is -2.45. The number of likely N-dealkylation sites (tertiary alicyclic amines) is 1. The first-order valence-corrected chi connectivity index (χ1v) is 6.32. The first kappa shape index (κ1) is 12.8. The van der Waals surface area contributed by atoms with Crippen molar-refractivity contribution < 1.29 is 14.4 Å². The first-order chi connectivity index (χ1) is 8.50. The van der Waals surface area contributed by atoms with Gasteiger partial charge >= 0.3 is 0 Å². The average molecular weight is 250 g/mol. The van der Waals surface area contributed by atoms with Gasteiger partial charge in [-0.3, -0.25) is 19.3 Å². The minimum absolute atomic E-state index is 0.0824. The SMILES string of the molecule is CC(C)N1C(=O)CC(NC(=O)C2CC=CC2)C1=O. The minimum atomic E-state index is -0.673. The smallest absolute Gasteiger partial charge is 0.252 e. The standard InChI is InChI=1S/C13H18N2O3/c1-8(2)15-11(16)7-10(13(15)18)14-12(17)9-5-3-4-6-9/h3-4,8-10H,5-7H2,1-2H3,(H,14,17). The highest BCUT2D eigenvalue weighted by atomic mass is 16.2. The highest BCUT2D eigenvalue weighted by Gasteiger charge is 2.41. The molecule has 3 amide bonds. The lowest BCUT2D eigenvalue weighted by Gasteiger charge is -2.19. The molecule has 1 atom stereocenters. The molecule has 0 saturated carbocycles. The topological polar surface area (TPSA) is 66.5 Å². The molecule has 98 valence electrons. The Bertz CT molecular complexity index is 406. The molecule has 1 fully saturated rings. The third-order valence-corrected chi connectivity index (χ3v) is 3.39. The summed E-state index contributed by atoms with van der Waals surface area (Å²) >= 11 is 0. The van der Waals surface area contributed by atoms with Crippen LogP contribution in [0.25, 0.3) is 0 Å². The van der Waals surface area contributed by atoms with Crippen molar-refractivity contribution in [2.75, 3.05) is 0 Å². The lowest BCUT2D eigenvalue weighted by molar-refractivity contribution is -0.141. The summed E-state index contributed by atoms with van der Waals surface area (Å²) in [6.45, 7) is 3.59. The predicted molar refractivity (Wildman–Crippen MR) is 65.4 cm³/mol. The molecule has 0 bridgehead atoms. The molecular formula is C13H18N2O3. The Morgan fingerprint density at radius 1 is 1.33 bits per heavy atom. The fourth-order valence-electron chi connectivity index (χ4n) is 2.43. The Morgan fingerprint density at radius 3 is 2.44 bits per heavy atom. The normalized spacial score (nSPS) is 24.4. The Kier molecular flexibility index (Phi) is 3.50. The third-order valence-electron chi connectivity index (χ3n) is 3.39. The molecule has 2 aliphatic rings. The second kappa shape index (κ2) is 4.92. The van der Waals surface area contributed by atoms with E-state index in [1.165, 1.54) is 4.90 Å². The molecule has 0 aromatic carbocycles. The van der Waals surface area contributed by atoms with Gasteiger partial charge in [0.15, 0.2) is 0 Å². The van der Waals surface area contributed by atoms with Crippen LogP contribution in [0.2, 0.25) is 0 Å². The van der Waals surface area contributed by atoms with Crippen LogP contribution in [0.3, 0.4) is 0 Å². The Morgan fingerprint density at radius 2 is 1.94 bits per heavy atom.